The number of fused-ring (bicyclic) bond motifs is 1. The van der Waals surface area contributed by atoms with Gasteiger partial charge < -0.3 is 16.5 Å². The Labute approximate surface area is 88.1 Å². The van der Waals surface area contributed by atoms with Crippen LogP contribution in [0.4, 0.5) is 5.82 Å². The Morgan fingerprint density at radius 2 is 1.80 bits per heavy atom. The van der Waals surface area contributed by atoms with Crippen molar-refractivity contribution in [1.82, 2.24) is 19.9 Å². The molecule has 2 heterocycles. The predicted molar refractivity (Wildman–Crippen MR) is 60.0 cm³/mol. The topological polar surface area (TPSA) is 106 Å². The Bertz CT molecular complexity index is 421. The zero-order valence-corrected chi connectivity index (χ0v) is 9.15. The van der Waals surface area contributed by atoms with Gasteiger partial charge in [0, 0.05) is 5.54 Å². The normalized spacial score (nSPS) is 10.9. The molecule has 82 valence electrons. The van der Waals surface area contributed by atoms with Crippen LogP contribution >= 0.6 is 0 Å². The second-order valence-corrected chi connectivity index (χ2v) is 4.23. The van der Waals surface area contributed by atoms with Crippen LogP contribution in [0.5, 0.6) is 0 Å². The molecule has 0 amide bonds. The van der Waals surface area contributed by atoms with E-state index < -0.39 is 0 Å². The lowest BCUT2D eigenvalue weighted by Gasteiger charge is -2.06. The molecule has 0 unspecified atom stereocenters. The zero-order chi connectivity index (χ0) is 11.5. The fourth-order valence-corrected chi connectivity index (χ4v) is 0.784. The van der Waals surface area contributed by atoms with Gasteiger partial charge in [0.15, 0.2) is 11.5 Å². The minimum Gasteiger partial charge on any atom is -0.382 e. The van der Waals surface area contributed by atoms with Gasteiger partial charge in [0.1, 0.15) is 11.8 Å². The standard InChI is InChI=1S/C5H5N5.C4H11N/c6-4-3-5(9-1-7-3)10-2-8-4;1-4(2,3)5/h1-2H,(H3,6,7,8,9,10);5H2,1-3H3. The molecule has 15 heavy (non-hydrogen) atoms. The van der Waals surface area contributed by atoms with Crippen molar-refractivity contribution in [3.63, 3.8) is 0 Å². The summed E-state index contributed by atoms with van der Waals surface area (Å²) >= 11 is 0. The molecule has 0 aliphatic heterocycles. The third kappa shape index (κ3) is 3.90. The number of aromatic amines is 1. The Balaban J connectivity index is 0.000000195. The average Bonchev–Trinajstić information content (AvgIpc) is 2.49. The first-order valence-corrected chi connectivity index (χ1v) is 4.56. The first-order valence-electron chi connectivity index (χ1n) is 4.56. The third-order valence-electron chi connectivity index (χ3n) is 1.25. The number of imidazole rings is 1. The van der Waals surface area contributed by atoms with Crippen molar-refractivity contribution in [2.45, 2.75) is 26.3 Å². The summed E-state index contributed by atoms with van der Waals surface area (Å²) in [6, 6.07) is 0. The van der Waals surface area contributed by atoms with Crippen LogP contribution in [0, 0.1) is 0 Å². The molecule has 2 rings (SSSR count). The Hall–Kier alpha value is -1.69. The lowest BCUT2D eigenvalue weighted by molar-refractivity contribution is 0.580. The Morgan fingerprint density at radius 3 is 2.33 bits per heavy atom. The van der Waals surface area contributed by atoms with E-state index in [9.17, 15) is 0 Å². The molecule has 0 fully saturated rings. The summed E-state index contributed by atoms with van der Waals surface area (Å²) in [6.07, 6.45) is 2.92. The number of H-pyrrole nitrogens is 1. The molecule has 0 radical (unpaired) electrons. The lowest BCUT2D eigenvalue weighted by Crippen LogP contribution is -2.26. The van der Waals surface area contributed by atoms with E-state index in [1.807, 2.05) is 20.8 Å². The van der Waals surface area contributed by atoms with Gasteiger partial charge in [0.2, 0.25) is 0 Å². The first-order chi connectivity index (χ1) is 6.88. The van der Waals surface area contributed by atoms with Crippen molar-refractivity contribution in [3.05, 3.63) is 12.7 Å². The summed E-state index contributed by atoms with van der Waals surface area (Å²) in [5.74, 6) is 0.433. The molecule has 0 saturated carbocycles. The summed E-state index contributed by atoms with van der Waals surface area (Å²) < 4.78 is 0. The van der Waals surface area contributed by atoms with Crippen molar-refractivity contribution in [1.29, 1.82) is 0 Å². The number of rotatable bonds is 0. The highest BCUT2D eigenvalue weighted by molar-refractivity contribution is 5.80. The van der Waals surface area contributed by atoms with E-state index in [1.165, 1.54) is 12.7 Å². The van der Waals surface area contributed by atoms with E-state index in [-0.39, 0.29) is 5.54 Å². The van der Waals surface area contributed by atoms with Gasteiger partial charge in [-0.25, -0.2) is 15.0 Å². The summed E-state index contributed by atoms with van der Waals surface area (Å²) in [7, 11) is 0. The maximum absolute atomic E-state index is 5.48. The smallest absolute Gasteiger partial charge is 0.182 e. The lowest BCUT2D eigenvalue weighted by atomic mass is 10.1. The van der Waals surface area contributed by atoms with E-state index in [4.69, 9.17) is 11.5 Å². The van der Waals surface area contributed by atoms with Crippen molar-refractivity contribution in [2.24, 2.45) is 5.73 Å². The molecule has 0 saturated heterocycles. The maximum atomic E-state index is 5.48. The summed E-state index contributed by atoms with van der Waals surface area (Å²) in [5, 5.41) is 0. The molecule has 2 aromatic rings. The van der Waals surface area contributed by atoms with Crippen LogP contribution in [0.3, 0.4) is 0 Å². The van der Waals surface area contributed by atoms with Crippen LogP contribution in [0.1, 0.15) is 20.8 Å². The molecule has 0 aliphatic rings. The fraction of sp³-hybridized carbons (Fsp3) is 0.444. The largest absolute Gasteiger partial charge is 0.382 e. The van der Waals surface area contributed by atoms with Crippen LogP contribution in [-0.2, 0) is 0 Å². The first kappa shape index (κ1) is 11.4. The van der Waals surface area contributed by atoms with Crippen molar-refractivity contribution in [2.75, 3.05) is 5.73 Å². The van der Waals surface area contributed by atoms with Crippen LogP contribution in [0.2, 0.25) is 0 Å². The zero-order valence-electron chi connectivity index (χ0n) is 9.15. The number of nitrogens with zero attached hydrogens (tertiary/aromatic N) is 3. The minimum absolute atomic E-state index is 0. The van der Waals surface area contributed by atoms with Gasteiger partial charge in [0.25, 0.3) is 0 Å². The molecule has 0 aliphatic carbocycles. The second-order valence-electron chi connectivity index (χ2n) is 4.23. The SMILES string of the molecule is CC(C)(C)N.Nc1ncnc2nc[nH]c12. The number of nitrogen functional groups attached to an aromatic ring is 1. The highest BCUT2D eigenvalue weighted by Crippen LogP contribution is 2.09. The molecule has 0 bridgehead atoms. The molecular weight excluding hydrogens is 192 g/mol. The Kier molecular flexibility index (Phi) is 3.21. The Morgan fingerprint density at radius 1 is 1.20 bits per heavy atom. The summed E-state index contributed by atoms with van der Waals surface area (Å²) in [4.78, 5) is 14.4. The summed E-state index contributed by atoms with van der Waals surface area (Å²) in [5.41, 5.74) is 12.1. The number of nitrogens with one attached hydrogen (secondary N) is 1. The quantitative estimate of drug-likeness (QED) is 0.590. The number of hydrogen-bond acceptors (Lipinski definition) is 5. The number of aromatic nitrogens is 4. The monoisotopic (exact) mass is 208 g/mol. The van der Waals surface area contributed by atoms with Gasteiger partial charge in [-0.05, 0) is 20.8 Å². The van der Waals surface area contributed by atoms with Crippen molar-refractivity contribution >= 4 is 17.0 Å². The summed E-state index contributed by atoms with van der Waals surface area (Å²) in [6.45, 7) is 5.90. The fourth-order valence-electron chi connectivity index (χ4n) is 0.784. The molecule has 0 aromatic carbocycles. The highest BCUT2D eigenvalue weighted by Gasteiger charge is 1.99. The molecule has 2 aromatic heterocycles. The maximum Gasteiger partial charge on any atom is 0.182 e. The highest BCUT2D eigenvalue weighted by atomic mass is 15.0. The van der Waals surface area contributed by atoms with E-state index >= 15 is 0 Å². The van der Waals surface area contributed by atoms with E-state index in [0.717, 1.165) is 0 Å². The number of hydrogen-bond donors (Lipinski definition) is 3. The van der Waals surface area contributed by atoms with E-state index in [1.54, 1.807) is 0 Å². The molecule has 0 atom stereocenters. The van der Waals surface area contributed by atoms with E-state index in [2.05, 4.69) is 19.9 Å². The van der Waals surface area contributed by atoms with Gasteiger partial charge in [-0.2, -0.15) is 0 Å². The van der Waals surface area contributed by atoms with E-state index in [0.29, 0.717) is 17.0 Å². The van der Waals surface area contributed by atoms with Crippen molar-refractivity contribution < 1.29 is 0 Å². The molecule has 5 N–H and O–H groups in total. The predicted octanol–water partition coefficient (Wildman–Crippen LogP) is 0.679. The van der Waals surface area contributed by atoms with Gasteiger partial charge in [-0.1, -0.05) is 0 Å². The molecule has 6 nitrogen and oxygen atoms in total. The number of nitrogens with two attached hydrogens (primary N) is 2. The average molecular weight is 208 g/mol. The molecule has 0 spiro atoms. The van der Waals surface area contributed by atoms with Crippen LogP contribution < -0.4 is 11.5 Å². The van der Waals surface area contributed by atoms with Crippen LogP contribution in [0.25, 0.3) is 11.2 Å². The second kappa shape index (κ2) is 4.22. The molecule has 6 heteroatoms. The van der Waals surface area contributed by atoms with Gasteiger partial charge in [-0.15, -0.1) is 0 Å². The van der Waals surface area contributed by atoms with Crippen LogP contribution in [-0.4, -0.2) is 25.5 Å². The minimum atomic E-state index is 0. The van der Waals surface area contributed by atoms with Crippen molar-refractivity contribution in [3.8, 4) is 0 Å². The number of anilines is 1. The van der Waals surface area contributed by atoms with Gasteiger partial charge in [-0.3, -0.25) is 0 Å². The third-order valence-corrected chi connectivity index (χ3v) is 1.25. The van der Waals surface area contributed by atoms with Crippen LogP contribution in [0.15, 0.2) is 12.7 Å². The van der Waals surface area contributed by atoms with Gasteiger partial charge >= 0.3 is 0 Å². The molecular formula is C9H16N6. The van der Waals surface area contributed by atoms with Gasteiger partial charge in [0.05, 0.1) is 6.33 Å².